The number of benzene rings is 1. The molecule has 12 nitrogen and oxygen atoms in total. The van der Waals surface area contributed by atoms with Crippen LogP contribution in [0.5, 0.6) is 5.75 Å². The number of nitrogens with one attached hydrogen (secondary N) is 1. The second-order valence-electron chi connectivity index (χ2n) is 9.69. The van der Waals surface area contributed by atoms with E-state index in [1.807, 2.05) is 14.1 Å². The number of imidazole rings is 1. The van der Waals surface area contributed by atoms with Crippen molar-refractivity contribution >= 4 is 53.0 Å². The van der Waals surface area contributed by atoms with Crippen molar-refractivity contribution in [3.05, 3.63) is 42.5 Å². The molecule has 0 aliphatic carbocycles. The lowest BCUT2D eigenvalue weighted by Gasteiger charge is -2.33. The number of nitrogens with zero attached hydrogens (tertiary/aromatic N) is 5. The number of hydrogen-bond donors (Lipinski definition) is 2. The molecule has 224 valence electrons. The van der Waals surface area contributed by atoms with Crippen LogP contribution in [0.3, 0.4) is 0 Å². The Kier molecular flexibility index (Phi) is 9.85. The number of hydrogen-bond acceptors (Lipinski definition) is 11. The van der Waals surface area contributed by atoms with Gasteiger partial charge in [-0.15, -0.1) is 11.6 Å². The van der Waals surface area contributed by atoms with Crippen molar-refractivity contribution in [2.75, 3.05) is 38.1 Å². The Labute approximate surface area is 247 Å². The molecule has 0 saturated carbocycles. The minimum Gasteiger partial charge on any atom is -0.465 e. The van der Waals surface area contributed by atoms with E-state index in [9.17, 15) is 9.90 Å². The lowest BCUT2D eigenvalue weighted by atomic mass is 9.99. The van der Waals surface area contributed by atoms with Gasteiger partial charge in [-0.1, -0.05) is 18.2 Å². The van der Waals surface area contributed by atoms with Gasteiger partial charge in [-0.3, -0.25) is 9.36 Å². The first kappa shape index (κ1) is 31.5. The van der Waals surface area contributed by atoms with Gasteiger partial charge in [-0.25, -0.2) is 24.4 Å². The molecule has 6 atom stereocenters. The number of anilines is 1. The van der Waals surface area contributed by atoms with E-state index in [-0.39, 0.29) is 12.5 Å². The van der Waals surface area contributed by atoms with Crippen LogP contribution >= 0.6 is 18.2 Å². The van der Waals surface area contributed by atoms with Gasteiger partial charge in [-0.2, -0.15) is 0 Å². The lowest BCUT2D eigenvalue weighted by Crippen LogP contribution is -2.48. The van der Waals surface area contributed by atoms with Gasteiger partial charge < -0.3 is 28.5 Å². The maximum Gasteiger partial charge on any atom is 0.323 e. The van der Waals surface area contributed by atoms with Gasteiger partial charge in [0, 0.05) is 14.1 Å². The maximum atomic E-state index is 15.8. The Morgan fingerprint density at radius 3 is 2.71 bits per heavy atom. The Balaban J connectivity index is 1.62. The summed E-state index contributed by atoms with van der Waals surface area (Å²) in [6.45, 7) is 1.16. The van der Waals surface area contributed by atoms with Gasteiger partial charge in [0.2, 0.25) is 0 Å². The predicted octanol–water partition coefficient (Wildman–Crippen LogP) is 3.27. The molecule has 3 aromatic rings. The third-order valence-electron chi connectivity index (χ3n) is 6.35. The van der Waals surface area contributed by atoms with Crippen molar-refractivity contribution in [2.24, 2.45) is 0 Å². The Hall–Kier alpha value is -2.45. The summed E-state index contributed by atoms with van der Waals surface area (Å²) in [6, 6.07) is 7.74. The van der Waals surface area contributed by atoms with Crippen molar-refractivity contribution in [1.82, 2.24) is 24.6 Å². The average molecular weight is 631 g/mol. The Bertz CT molecular complexity index is 1420. The molecule has 1 fully saturated rings. The minimum absolute atomic E-state index is 0.173. The number of halogens is 2. The zero-order valence-electron chi connectivity index (χ0n) is 23.2. The molecule has 1 aliphatic rings. The summed E-state index contributed by atoms with van der Waals surface area (Å²) in [4.78, 5) is 27.3. The molecule has 41 heavy (non-hydrogen) atoms. The van der Waals surface area contributed by atoms with E-state index in [0.717, 1.165) is 0 Å². The van der Waals surface area contributed by atoms with E-state index in [4.69, 9.17) is 41.9 Å². The van der Waals surface area contributed by atoms with E-state index >= 15 is 4.39 Å². The highest BCUT2D eigenvalue weighted by molar-refractivity contribution is 8.09. The summed E-state index contributed by atoms with van der Waals surface area (Å²) in [5.41, 5.74) is -0.961. The molecule has 1 saturated heterocycles. The van der Waals surface area contributed by atoms with Crippen LogP contribution in [0.15, 0.2) is 36.7 Å². The van der Waals surface area contributed by atoms with Crippen molar-refractivity contribution in [1.29, 1.82) is 0 Å². The normalized spacial score (nSPS) is 24.6. The molecule has 0 bridgehead atoms. The van der Waals surface area contributed by atoms with E-state index < -0.39 is 49.4 Å². The van der Waals surface area contributed by atoms with Crippen LogP contribution in [0, 0.1) is 6.92 Å². The fourth-order valence-electron chi connectivity index (χ4n) is 4.27. The molecule has 2 aromatic heterocycles. The maximum absolute atomic E-state index is 15.8. The molecule has 0 spiro atoms. The van der Waals surface area contributed by atoms with Gasteiger partial charge >= 0.3 is 12.6 Å². The van der Waals surface area contributed by atoms with Crippen LogP contribution < -0.4 is 14.5 Å². The topological polar surface area (TPSA) is 133 Å². The standard InChI is InChI=1S/C25H33ClFN6O6PS/c1-6-36-24(35)15(2)31-40(41,39-17-10-8-7-9-11-17)37-13-25(12-26)20(34)18(27)23(38-25)33-14-28-19-21(32(4)5)29-16(3)30-22(19)33/h7-11,14-15,18,20,23,34H,6,12-13H2,1-5H3,(H,31,41)/t15-,18+,20+,23-,25-,40-/m1/s1. The summed E-state index contributed by atoms with van der Waals surface area (Å²) < 4.78 is 40.4. The van der Waals surface area contributed by atoms with Crippen LogP contribution in [0.4, 0.5) is 10.2 Å². The second-order valence-corrected chi connectivity index (χ2v) is 13.1. The molecule has 0 radical (unpaired) electrons. The number of rotatable bonds is 12. The van der Waals surface area contributed by atoms with Crippen LogP contribution in [-0.4, -0.2) is 87.7 Å². The smallest absolute Gasteiger partial charge is 0.323 e. The zero-order chi connectivity index (χ0) is 29.9. The SMILES string of the molecule is CCOC(=O)[C@@H](C)N[P@@](=S)(OC[C@@]1(CCl)O[C@@H](n2cnc3c(N(C)C)nc(C)nc32)[C@@H](F)[C@@H]1O)Oc1ccccc1. The number of alkyl halides is 2. The van der Waals surface area contributed by atoms with Gasteiger partial charge in [0.25, 0.3) is 0 Å². The first-order valence-electron chi connectivity index (χ1n) is 12.8. The van der Waals surface area contributed by atoms with E-state index in [2.05, 4.69) is 20.0 Å². The molecule has 4 rings (SSSR count). The predicted molar refractivity (Wildman–Crippen MR) is 155 cm³/mol. The second kappa shape index (κ2) is 12.8. The monoisotopic (exact) mass is 630 g/mol. The number of esters is 1. The van der Waals surface area contributed by atoms with Gasteiger partial charge in [0.1, 0.15) is 29.3 Å². The largest absolute Gasteiger partial charge is 0.465 e. The van der Waals surface area contributed by atoms with Crippen molar-refractivity contribution in [2.45, 2.75) is 50.9 Å². The lowest BCUT2D eigenvalue weighted by molar-refractivity contribution is -0.144. The van der Waals surface area contributed by atoms with Crippen molar-refractivity contribution in [3.63, 3.8) is 0 Å². The molecule has 3 heterocycles. The summed E-state index contributed by atoms with van der Waals surface area (Å²) in [5, 5.41) is 14.0. The van der Waals surface area contributed by atoms with Crippen LogP contribution in [0.1, 0.15) is 25.9 Å². The molecule has 0 unspecified atom stereocenters. The molecule has 1 aromatic carbocycles. The number of para-hydroxylation sites is 1. The van der Waals surface area contributed by atoms with Crippen molar-refractivity contribution in [3.8, 4) is 5.75 Å². The Morgan fingerprint density at radius 1 is 1.37 bits per heavy atom. The molecule has 16 heteroatoms. The summed E-state index contributed by atoms with van der Waals surface area (Å²) >= 11 is 12.0. The summed E-state index contributed by atoms with van der Waals surface area (Å²) in [6.07, 6.45) is -3.58. The third-order valence-corrected chi connectivity index (χ3v) is 9.28. The zero-order valence-corrected chi connectivity index (χ0v) is 25.7. The number of carbonyl (C=O) groups excluding carboxylic acids is 1. The average Bonchev–Trinajstić information content (AvgIpc) is 3.46. The van der Waals surface area contributed by atoms with Crippen LogP contribution in [-0.2, 0) is 30.6 Å². The first-order valence-corrected chi connectivity index (χ1v) is 16.0. The number of aromatic nitrogens is 4. The van der Waals surface area contributed by atoms with E-state index in [0.29, 0.717) is 28.6 Å². The van der Waals surface area contributed by atoms with Crippen molar-refractivity contribution < 1.29 is 32.8 Å². The number of aliphatic hydroxyl groups excluding tert-OH is 1. The number of ether oxygens (including phenoxy) is 2. The molecule has 0 amide bonds. The first-order chi connectivity index (χ1) is 19.4. The molecular weight excluding hydrogens is 598 g/mol. The summed E-state index contributed by atoms with van der Waals surface area (Å²) in [5.74, 6) is 0.474. The number of aryl methyl sites for hydroxylation is 1. The molecular formula is C25H33ClFN6O6PS. The quantitative estimate of drug-likeness (QED) is 0.173. The number of fused-ring (bicyclic) bond motifs is 1. The highest BCUT2D eigenvalue weighted by Crippen LogP contribution is 2.49. The molecule has 1 aliphatic heterocycles. The van der Waals surface area contributed by atoms with Gasteiger partial charge in [0.05, 0.1) is 25.4 Å². The fourth-order valence-corrected chi connectivity index (χ4v) is 7.00. The van der Waals surface area contributed by atoms with Crippen LogP contribution in [0.25, 0.3) is 11.2 Å². The number of aliphatic hydroxyl groups is 1. The van der Waals surface area contributed by atoms with E-state index in [1.54, 1.807) is 56.0 Å². The Morgan fingerprint density at radius 2 is 2.07 bits per heavy atom. The minimum atomic E-state index is -3.51. The van der Waals surface area contributed by atoms with Crippen LogP contribution in [0.2, 0.25) is 0 Å². The highest BCUT2D eigenvalue weighted by atomic mass is 35.5. The van der Waals surface area contributed by atoms with Gasteiger partial charge in [-0.05, 0) is 44.7 Å². The van der Waals surface area contributed by atoms with Gasteiger partial charge in [0.15, 0.2) is 29.4 Å². The molecule has 2 N–H and O–H groups in total. The third kappa shape index (κ3) is 6.64. The number of carbonyl (C=O) groups is 1. The fraction of sp³-hybridized carbons (Fsp3) is 0.520. The summed E-state index contributed by atoms with van der Waals surface area (Å²) in [7, 11) is 3.62. The van der Waals surface area contributed by atoms with E-state index in [1.165, 1.54) is 10.9 Å². The highest BCUT2D eigenvalue weighted by Gasteiger charge is 2.57.